The molecule has 0 saturated carbocycles. The number of rotatable bonds is 18. The molecule has 4 aromatic rings. The van der Waals surface area contributed by atoms with E-state index < -0.39 is 0 Å². The van der Waals surface area contributed by atoms with Gasteiger partial charge in [-0.15, -0.1) is 0 Å². The Morgan fingerprint density at radius 3 is 1.90 bits per heavy atom. The van der Waals surface area contributed by atoms with E-state index in [1.165, 1.54) is 28.8 Å². The predicted molar refractivity (Wildman–Crippen MR) is 160 cm³/mol. The van der Waals surface area contributed by atoms with E-state index in [1.54, 1.807) is 12.1 Å². The predicted octanol–water partition coefficient (Wildman–Crippen LogP) is 4.42. The van der Waals surface area contributed by atoms with E-state index in [9.17, 15) is 4.39 Å². The molecule has 9 nitrogen and oxygen atoms in total. The van der Waals surface area contributed by atoms with Crippen LogP contribution in [0.25, 0.3) is 0 Å². The first kappa shape index (κ1) is 29.9. The molecule has 0 aliphatic rings. The fraction of sp³-hybridized carbons (Fsp3) is 0.323. The van der Waals surface area contributed by atoms with Crippen LogP contribution in [0.15, 0.2) is 78.9 Å². The maximum absolute atomic E-state index is 13.3. The molecule has 4 rings (SSSR count). The van der Waals surface area contributed by atoms with E-state index >= 15 is 0 Å². The Kier molecular flexibility index (Phi) is 12.3. The van der Waals surface area contributed by atoms with Gasteiger partial charge < -0.3 is 31.2 Å². The highest BCUT2D eigenvalue weighted by Crippen LogP contribution is 2.16. The first-order chi connectivity index (χ1) is 20.2. The smallest absolute Gasteiger partial charge is 0.229 e. The Morgan fingerprint density at radius 1 is 0.585 bits per heavy atom. The van der Waals surface area contributed by atoms with E-state index in [2.05, 4.69) is 73.4 Å². The second-order valence-corrected chi connectivity index (χ2v) is 9.33. The standard InChI is InChI=1S/C31H38FN7O2/c32-28-14-11-25(12-15-28)22-35-30-37-29(34-17-19-41-21-20-40-18-16-33)38-31(39-30)36-23-27-9-5-4-8-26(27)13-10-24-6-2-1-3-7-24/h1-9,11-12,14-15H,10,13,16-23,33H2,(H3,34,35,36,37,38,39). The van der Waals surface area contributed by atoms with Crippen molar-refractivity contribution in [2.24, 2.45) is 5.73 Å². The van der Waals surface area contributed by atoms with E-state index in [0.29, 0.717) is 70.5 Å². The monoisotopic (exact) mass is 559 g/mol. The molecule has 41 heavy (non-hydrogen) atoms. The first-order valence-electron chi connectivity index (χ1n) is 13.9. The number of halogens is 1. The van der Waals surface area contributed by atoms with Gasteiger partial charge in [-0.2, -0.15) is 15.0 Å². The number of hydrogen-bond donors (Lipinski definition) is 4. The van der Waals surface area contributed by atoms with Gasteiger partial charge in [0.05, 0.1) is 26.4 Å². The van der Waals surface area contributed by atoms with Gasteiger partial charge in [-0.3, -0.25) is 0 Å². The lowest BCUT2D eigenvalue weighted by atomic mass is 10.00. The number of hydrogen-bond acceptors (Lipinski definition) is 9. The number of aromatic nitrogens is 3. The lowest BCUT2D eigenvalue weighted by Crippen LogP contribution is -2.17. The van der Waals surface area contributed by atoms with Crippen molar-refractivity contribution in [2.75, 3.05) is 55.5 Å². The minimum atomic E-state index is -0.274. The molecule has 10 heteroatoms. The van der Waals surface area contributed by atoms with Crippen LogP contribution >= 0.6 is 0 Å². The van der Waals surface area contributed by atoms with Crippen LogP contribution in [0.1, 0.15) is 22.3 Å². The van der Waals surface area contributed by atoms with Crippen molar-refractivity contribution in [3.63, 3.8) is 0 Å². The first-order valence-corrected chi connectivity index (χ1v) is 13.9. The SMILES string of the molecule is NCCOCCOCCNc1nc(NCc2ccc(F)cc2)nc(NCc2ccccc2CCc2ccccc2)n1. The number of aryl methyl sites for hydroxylation is 2. The summed E-state index contributed by atoms with van der Waals surface area (Å²) in [5.74, 6) is 0.995. The third-order valence-corrected chi connectivity index (χ3v) is 6.24. The van der Waals surface area contributed by atoms with Gasteiger partial charge in [0.25, 0.3) is 0 Å². The molecule has 1 aromatic heterocycles. The number of nitrogens with zero attached hydrogens (tertiary/aromatic N) is 3. The molecular weight excluding hydrogens is 521 g/mol. The molecule has 3 aromatic carbocycles. The van der Waals surface area contributed by atoms with Crippen molar-refractivity contribution in [3.8, 4) is 0 Å². The highest BCUT2D eigenvalue weighted by atomic mass is 19.1. The molecular formula is C31H38FN7O2. The Hall–Kier alpha value is -4.12. The Morgan fingerprint density at radius 2 is 1.20 bits per heavy atom. The molecule has 0 bridgehead atoms. The van der Waals surface area contributed by atoms with Crippen LogP contribution in [0.5, 0.6) is 0 Å². The molecule has 0 saturated heterocycles. The van der Waals surface area contributed by atoms with Gasteiger partial charge in [0, 0.05) is 26.2 Å². The number of ether oxygens (including phenoxy) is 2. The average molecular weight is 560 g/mol. The van der Waals surface area contributed by atoms with Crippen molar-refractivity contribution in [1.29, 1.82) is 0 Å². The summed E-state index contributed by atoms with van der Waals surface area (Å²) in [4.78, 5) is 13.6. The van der Waals surface area contributed by atoms with Crippen LogP contribution in [0.4, 0.5) is 22.2 Å². The zero-order valence-electron chi connectivity index (χ0n) is 23.2. The minimum absolute atomic E-state index is 0.274. The Labute approximate surface area is 240 Å². The van der Waals surface area contributed by atoms with Gasteiger partial charge in [0.1, 0.15) is 5.82 Å². The molecule has 0 unspecified atom stereocenters. The van der Waals surface area contributed by atoms with Crippen molar-refractivity contribution < 1.29 is 13.9 Å². The third kappa shape index (κ3) is 10.8. The minimum Gasteiger partial charge on any atom is -0.378 e. The lowest BCUT2D eigenvalue weighted by molar-refractivity contribution is 0.0547. The molecule has 5 N–H and O–H groups in total. The van der Waals surface area contributed by atoms with Gasteiger partial charge in [-0.1, -0.05) is 66.7 Å². The van der Waals surface area contributed by atoms with Gasteiger partial charge in [0.2, 0.25) is 17.8 Å². The van der Waals surface area contributed by atoms with Gasteiger partial charge >= 0.3 is 0 Å². The Balaban J connectivity index is 1.38. The number of nitrogens with one attached hydrogen (secondary N) is 3. The molecule has 0 amide bonds. The van der Waals surface area contributed by atoms with E-state index in [-0.39, 0.29) is 5.82 Å². The van der Waals surface area contributed by atoms with Crippen molar-refractivity contribution in [2.45, 2.75) is 25.9 Å². The van der Waals surface area contributed by atoms with Crippen molar-refractivity contribution in [1.82, 2.24) is 15.0 Å². The molecule has 0 spiro atoms. The average Bonchev–Trinajstić information content (AvgIpc) is 3.01. The molecule has 0 radical (unpaired) electrons. The van der Waals surface area contributed by atoms with Crippen LogP contribution in [0.3, 0.4) is 0 Å². The molecule has 1 heterocycles. The van der Waals surface area contributed by atoms with E-state index in [0.717, 1.165) is 18.4 Å². The zero-order chi connectivity index (χ0) is 28.5. The summed E-state index contributed by atoms with van der Waals surface area (Å²) in [5.41, 5.74) is 10.1. The van der Waals surface area contributed by atoms with Gasteiger partial charge in [-0.05, 0) is 47.2 Å². The largest absolute Gasteiger partial charge is 0.378 e. The molecule has 0 atom stereocenters. The lowest BCUT2D eigenvalue weighted by Gasteiger charge is -2.13. The summed E-state index contributed by atoms with van der Waals surface area (Å²) in [6.07, 6.45) is 1.91. The second-order valence-electron chi connectivity index (χ2n) is 9.33. The summed E-state index contributed by atoms with van der Waals surface area (Å²) in [7, 11) is 0. The summed E-state index contributed by atoms with van der Waals surface area (Å²) < 4.78 is 24.2. The van der Waals surface area contributed by atoms with Crippen molar-refractivity contribution in [3.05, 3.63) is 107 Å². The van der Waals surface area contributed by atoms with E-state index in [1.807, 2.05) is 12.1 Å². The maximum Gasteiger partial charge on any atom is 0.229 e. The summed E-state index contributed by atoms with van der Waals surface area (Å²) >= 11 is 0. The van der Waals surface area contributed by atoms with Crippen molar-refractivity contribution >= 4 is 17.8 Å². The molecule has 0 aliphatic heterocycles. The number of nitrogens with two attached hydrogens (primary N) is 1. The fourth-order valence-electron chi connectivity index (χ4n) is 4.11. The molecule has 0 fully saturated rings. The topological polar surface area (TPSA) is 119 Å². The third-order valence-electron chi connectivity index (χ3n) is 6.24. The van der Waals surface area contributed by atoms with Gasteiger partial charge in [-0.25, -0.2) is 4.39 Å². The molecule has 216 valence electrons. The van der Waals surface area contributed by atoms with Crippen LogP contribution in [-0.2, 0) is 35.4 Å². The van der Waals surface area contributed by atoms with Crippen LogP contribution in [0, 0.1) is 5.82 Å². The zero-order valence-corrected chi connectivity index (χ0v) is 23.2. The summed E-state index contributed by atoms with van der Waals surface area (Å²) in [5, 5.41) is 9.79. The Bertz CT molecular complexity index is 1310. The maximum atomic E-state index is 13.3. The van der Waals surface area contributed by atoms with Crippen LogP contribution < -0.4 is 21.7 Å². The number of benzene rings is 3. The van der Waals surface area contributed by atoms with Crippen LogP contribution in [0.2, 0.25) is 0 Å². The van der Waals surface area contributed by atoms with Crippen LogP contribution in [-0.4, -0.2) is 54.5 Å². The normalized spacial score (nSPS) is 10.9. The molecule has 0 aliphatic carbocycles. The fourth-order valence-corrected chi connectivity index (χ4v) is 4.11. The summed E-state index contributed by atoms with van der Waals surface area (Å²) in [6, 6.07) is 25.2. The highest BCUT2D eigenvalue weighted by molar-refractivity contribution is 5.43. The summed E-state index contributed by atoms with van der Waals surface area (Å²) in [6.45, 7) is 3.99. The highest BCUT2D eigenvalue weighted by Gasteiger charge is 2.09. The van der Waals surface area contributed by atoms with Gasteiger partial charge in [0.15, 0.2) is 0 Å². The van der Waals surface area contributed by atoms with E-state index in [4.69, 9.17) is 15.2 Å². The number of anilines is 3. The quantitative estimate of drug-likeness (QED) is 0.131. The second kappa shape index (κ2) is 16.9.